The zero-order valence-electron chi connectivity index (χ0n) is 4.46. The maximum absolute atomic E-state index is 2.64. The molecule has 1 aromatic rings. The van der Waals surface area contributed by atoms with Gasteiger partial charge < -0.3 is 0 Å². The van der Waals surface area contributed by atoms with Crippen LogP contribution in [0.4, 0.5) is 0 Å². The molecule has 0 aliphatic heterocycles. The first kappa shape index (κ1) is 6.20. The molecule has 0 saturated carbocycles. The van der Waals surface area contributed by atoms with Gasteiger partial charge >= 0.3 is 0 Å². The summed E-state index contributed by atoms with van der Waals surface area (Å²) >= 11 is 0. The van der Waals surface area contributed by atoms with Gasteiger partial charge in [0.1, 0.15) is 0 Å². The SMILES string of the molecule is Pc1ccc(P)cc1. The predicted octanol–water partition coefficient (Wildman–Crippen LogP) is 0.687. The molecule has 2 unspecified atom stereocenters. The lowest BCUT2D eigenvalue weighted by Crippen LogP contribution is -1.94. The Bertz CT molecular complexity index is 145. The van der Waals surface area contributed by atoms with Crippen LogP contribution in [0.2, 0.25) is 0 Å². The zero-order chi connectivity index (χ0) is 5.98. The molecular formula is C6H8P2. The lowest BCUT2D eigenvalue weighted by atomic mass is 10.4. The maximum Gasteiger partial charge on any atom is -0.0302 e. The van der Waals surface area contributed by atoms with Gasteiger partial charge in [-0.05, 0) is 10.6 Å². The van der Waals surface area contributed by atoms with Crippen molar-refractivity contribution in [2.24, 2.45) is 0 Å². The number of hydrogen-bond acceptors (Lipinski definition) is 0. The van der Waals surface area contributed by atoms with Crippen molar-refractivity contribution >= 4 is 29.1 Å². The van der Waals surface area contributed by atoms with Crippen LogP contribution in [0.3, 0.4) is 0 Å². The molecule has 0 bridgehead atoms. The van der Waals surface area contributed by atoms with Gasteiger partial charge in [-0.3, -0.25) is 0 Å². The quantitative estimate of drug-likeness (QED) is 0.467. The van der Waals surface area contributed by atoms with Crippen LogP contribution in [0.5, 0.6) is 0 Å². The molecule has 1 aromatic carbocycles. The minimum atomic E-state index is 1.23. The molecular weight excluding hydrogens is 134 g/mol. The first-order chi connectivity index (χ1) is 3.79. The van der Waals surface area contributed by atoms with Crippen LogP contribution < -0.4 is 10.6 Å². The third kappa shape index (κ3) is 1.54. The highest BCUT2D eigenvalue weighted by atomic mass is 31.0. The Labute approximate surface area is 54.1 Å². The standard InChI is InChI=1S/C6H8P2/c7-5-1-2-6(8)4-3-5/h1-4H,7-8H2. The molecule has 0 saturated heterocycles. The summed E-state index contributed by atoms with van der Waals surface area (Å²) in [6, 6.07) is 8.25. The number of hydrogen-bond donors (Lipinski definition) is 0. The molecule has 0 nitrogen and oxygen atoms in total. The van der Waals surface area contributed by atoms with E-state index in [1.807, 2.05) is 0 Å². The average Bonchev–Trinajstić information content (AvgIpc) is 1.77. The molecule has 2 atom stereocenters. The Morgan fingerprint density at radius 2 is 1.00 bits per heavy atom. The number of rotatable bonds is 0. The first-order valence-electron chi connectivity index (χ1n) is 2.40. The first-order valence-corrected chi connectivity index (χ1v) is 3.55. The van der Waals surface area contributed by atoms with Crippen LogP contribution in [-0.2, 0) is 0 Å². The molecule has 0 aliphatic carbocycles. The van der Waals surface area contributed by atoms with E-state index in [0.717, 1.165) is 0 Å². The van der Waals surface area contributed by atoms with Gasteiger partial charge in [-0.15, -0.1) is 18.5 Å². The summed E-state index contributed by atoms with van der Waals surface area (Å²) in [6.45, 7) is 0. The maximum atomic E-state index is 2.64. The highest BCUT2D eigenvalue weighted by Crippen LogP contribution is 1.89. The Balaban J connectivity index is 3.03. The van der Waals surface area contributed by atoms with E-state index in [1.165, 1.54) is 10.6 Å². The lowest BCUT2D eigenvalue weighted by Gasteiger charge is -1.89. The highest BCUT2D eigenvalue weighted by molar-refractivity contribution is 7.28. The van der Waals surface area contributed by atoms with Crippen molar-refractivity contribution in [3.8, 4) is 0 Å². The normalized spacial score (nSPS) is 9.25. The van der Waals surface area contributed by atoms with E-state index >= 15 is 0 Å². The van der Waals surface area contributed by atoms with Crippen LogP contribution in [0.25, 0.3) is 0 Å². The number of benzene rings is 1. The minimum Gasteiger partial charge on any atom is -0.106 e. The Hall–Kier alpha value is 0.0800. The average molecular weight is 142 g/mol. The van der Waals surface area contributed by atoms with Crippen LogP contribution in [0.15, 0.2) is 24.3 Å². The molecule has 0 aliphatic rings. The third-order valence-electron chi connectivity index (χ3n) is 0.936. The fourth-order valence-corrected chi connectivity index (χ4v) is 0.881. The summed E-state index contributed by atoms with van der Waals surface area (Å²) in [5.74, 6) is 0. The topological polar surface area (TPSA) is 0 Å². The van der Waals surface area contributed by atoms with Gasteiger partial charge in [0.05, 0.1) is 0 Å². The molecule has 42 valence electrons. The monoisotopic (exact) mass is 142 g/mol. The van der Waals surface area contributed by atoms with Crippen molar-refractivity contribution in [3.63, 3.8) is 0 Å². The second-order valence-corrected chi connectivity index (χ2v) is 3.00. The molecule has 0 spiro atoms. The summed E-state index contributed by atoms with van der Waals surface area (Å²) in [5, 5.41) is 2.47. The van der Waals surface area contributed by atoms with E-state index in [0.29, 0.717) is 0 Å². The molecule has 1 rings (SSSR count). The zero-order valence-corrected chi connectivity index (χ0v) is 6.77. The molecule has 2 heteroatoms. The van der Waals surface area contributed by atoms with Gasteiger partial charge in [0.2, 0.25) is 0 Å². The Kier molecular flexibility index (Phi) is 2.00. The van der Waals surface area contributed by atoms with Crippen molar-refractivity contribution in [2.45, 2.75) is 0 Å². The van der Waals surface area contributed by atoms with Crippen LogP contribution >= 0.6 is 18.5 Å². The van der Waals surface area contributed by atoms with E-state index in [-0.39, 0.29) is 0 Å². The van der Waals surface area contributed by atoms with E-state index in [4.69, 9.17) is 0 Å². The second kappa shape index (κ2) is 2.58. The van der Waals surface area contributed by atoms with Gasteiger partial charge in [-0.25, -0.2) is 0 Å². The van der Waals surface area contributed by atoms with Crippen molar-refractivity contribution in [3.05, 3.63) is 24.3 Å². The summed E-state index contributed by atoms with van der Waals surface area (Å²) in [4.78, 5) is 0. The van der Waals surface area contributed by atoms with E-state index in [2.05, 4.69) is 42.7 Å². The van der Waals surface area contributed by atoms with Crippen molar-refractivity contribution in [1.29, 1.82) is 0 Å². The highest BCUT2D eigenvalue weighted by Gasteiger charge is 1.80. The van der Waals surface area contributed by atoms with Gasteiger partial charge in [0.25, 0.3) is 0 Å². The van der Waals surface area contributed by atoms with Crippen LogP contribution in [0, 0.1) is 0 Å². The van der Waals surface area contributed by atoms with E-state index in [9.17, 15) is 0 Å². The van der Waals surface area contributed by atoms with Crippen LogP contribution in [-0.4, -0.2) is 0 Å². The van der Waals surface area contributed by atoms with E-state index < -0.39 is 0 Å². The van der Waals surface area contributed by atoms with Crippen molar-refractivity contribution < 1.29 is 0 Å². The molecule has 8 heavy (non-hydrogen) atoms. The summed E-state index contributed by atoms with van der Waals surface area (Å²) in [7, 11) is 5.28. The second-order valence-electron chi connectivity index (χ2n) is 1.67. The van der Waals surface area contributed by atoms with Crippen LogP contribution in [0.1, 0.15) is 0 Å². The van der Waals surface area contributed by atoms with Gasteiger partial charge in [0, 0.05) is 0 Å². The third-order valence-corrected chi connectivity index (χ3v) is 1.71. The van der Waals surface area contributed by atoms with Gasteiger partial charge in [-0.1, -0.05) is 24.3 Å². The molecule has 0 aromatic heterocycles. The largest absolute Gasteiger partial charge is 0.106 e. The molecule has 0 radical (unpaired) electrons. The lowest BCUT2D eigenvalue weighted by molar-refractivity contribution is 1.86. The Morgan fingerprint density at radius 1 is 0.750 bits per heavy atom. The van der Waals surface area contributed by atoms with Crippen molar-refractivity contribution in [1.82, 2.24) is 0 Å². The molecule has 0 N–H and O–H groups in total. The Morgan fingerprint density at radius 3 is 1.25 bits per heavy atom. The molecule has 0 fully saturated rings. The predicted molar refractivity (Wildman–Crippen MR) is 45.1 cm³/mol. The van der Waals surface area contributed by atoms with Gasteiger partial charge in [-0.2, -0.15) is 0 Å². The smallest absolute Gasteiger partial charge is 0.0302 e. The summed E-state index contributed by atoms with van der Waals surface area (Å²) in [6.07, 6.45) is 0. The molecule has 0 amide bonds. The van der Waals surface area contributed by atoms with E-state index in [1.54, 1.807) is 0 Å². The fourth-order valence-electron chi connectivity index (χ4n) is 0.496. The summed E-state index contributed by atoms with van der Waals surface area (Å²) in [5.41, 5.74) is 0. The molecule has 0 heterocycles. The summed E-state index contributed by atoms with van der Waals surface area (Å²) < 4.78 is 0. The fraction of sp³-hybridized carbons (Fsp3) is 0. The minimum absolute atomic E-state index is 1.23. The van der Waals surface area contributed by atoms with Crippen molar-refractivity contribution in [2.75, 3.05) is 0 Å². The van der Waals surface area contributed by atoms with Gasteiger partial charge in [0.15, 0.2) is 0 Å².